The Labute approximate surface area is 147 Å². The van der Waals surface area contributed by atoms with Gasteiger partial charge in [0.15, 0.2) is 5.13 Å². The molecule has 0 bridgehead atoms. The van der Waals surface area contributed by atoms with Crippen LogP contribution in [-0.4, -0.2) is 47.8 Å². The van der Waals surface area contributed by atoms with Gasteiger partial charge in [-0.25, -0.2) is 9.78 Å². The zero-order valence-corrected chi connectivity index (χ0v) is 15.6. The summed E-state index contributed by atoms with van der Waals surface area (Å²) in [6, 6.07) is 8.34. The molecule has 0 radical (unpaired) electrons. The largest absolute Gasteiger partial charge is 0.444 e. The molecule has 1 amide bonds. The van der Waals surface area contributed by atoms with Gasteiger partial charge >= 0.3 is 6.09 Å². The highest BCUT2D eigenvalue weighted by Crippen LogP contribution is 2.29. The maximum Gasteiger partial charge on any atom is 0.410 e. The minimum absolute atomic E-state index is 0.178. The first-order valence-electron chi connectivity index (χ1n) is 8.40. The Kier molecular flexibility index (Phi) is 4.67. The van der Waals surface area contributed by atoms with Gasteiger partial charge < -0.3 is 14.5 Å². The third-order valence-electron chi connectivity index (χ3n) is 4.10. The van der Waals surface area contributed by atoms with Gasteiger partial charge in [-0.05, 0) is 45.7 Å². The number of nitrogens with zero attached hydrogens (tertiary/aromatic N) is 3. The van der Waals surface area contributed by atoms with E-state index < -0.39 is 5.60 Å². The van der Waals surface area contributed by atoms with Crippen molar-refractivity contribution in [3.63, 3.8) is 0 Å². The molecule has 1 saturated heterocycles. The maximum atomic E-state index is 12.4. The molecule has 0 spiro atoms. The Hall–Kier alpha value is -1.82. The summed E-state index contributed by atoms with van der Waals surface area (Å²) in [7, 11) is 2.04. The van der Waals surface area contributed by atoms with E-state index >= 15 is 0 Å². The lowest BCUT2D eigenvalue weighted by molar-refractivity contribution is 0.0232. The average Bonchev–Trinajstić information content (AvgIpc) is 3.11. The molecule has 1 aliphatic rings. The predicted octanol–water partition coefficient (Wildman–Crippen LogP) is 4.13. The number of carbonyl (C=O) groups is 1. The van der Waals surface area contributed by atoms with Crippen LogP contribution in [0.3, 0.4) is 0 Å². The van der Waals surface area contributed by atoms with Crippen molar-refractivity contribution in [2.75, 3.05) is 25.0 Å². The number of thiazole rings is 1. The van der Waals surface area contributed by atoms with Gasteiger partial charge in [0.1, 0.15) is 5.60 Å². The molecule has 1 atom stereocenters. The monoisotopic (exact) mass is 347 g/mol. The summed E-state index contributed by atoms with van der Waals surface area (Å²) in [4.78, 5) is 21.1. The molecular formula is C18H25N3O2S. The summed E-state index contributed by atoms with van der Waals surface area (Å²) in [5, 5.41) is 0.993. The average molecular weight is 347 g/mol. The quantitative estimate of drug-likeness (QED) is 0.837. The number of likely N-dealkylation sites (N-methyl/N-ethyl adjacent to an activating group) is 1. The van der Waals surface area contributed by atoms with Gasteiger partial charge in [0.2, 0.25) is 0 Å². The van der Waals surface area contributed by atoms with Crippen LogP contribution in [0.2, 0.25) is 0 Å². The van der Waals surface area contributed by atoms with E-state index in [1.165, 1.54) is 4.70 Å². The molecule has 1 aromatic carbocycles. The Morgan fingerprint density at radius 1 is 1.42 bits per heavy atom. The number of likely N-dealkylation sites (tertiary alicyclic amines) is 1. The lowest BCUT2D eigenvalue weighted by Crippen LogP contribution is -2.44. The minimum atomic E-state index is -0.455. The zero-order valence-electron chi connectivity index (χ0n) is 14.8. The number of amides is 1. The first kappa shape index (κ1) is 17.0. The van der Waals surface area contributed by atoms with Crippen molar-refractivity contribution < 1.29 is 9.53 Å². The molecule has 0 N–H and O–H groups in total. The summed E-state index contributed by atoms with van der Waals surface area (Å²) in [6.07, 6.45) is 1.83. The fourth-order valence-corrected chi connectivity index (χ4v) is 3.94. The zero-order chi connectivity index (χ0) is 17.3. The smallest absolute Gasteiger partial charge is 0.410 e. The second-order valence-corrected chi connectivity index (χ2v) is 8.32. The van der Waals surface area contributed by atoms with Crippen molar-refractivity contribution in [3.8, 4) is 0 Å². The van der Waals surface area contributed by atoms with Crippen LogP contribution in [0.15, 0.2) is 24.3 Å². The van der Waals surface area contributed by atoms with E-state index in [9.17, 15) is 4.79 Å². The molecule has 3 rings (SSSR count). The van der Waals surface area contributed by atoms with Gasteiger partial charge in [-0.3, -0.25) is 0 Å². The normalized spacial score (nSPS) is 18.2. The van der Waals surface area contributed by atoms with Crippen LogP contribution < -0.4 is 4.90 Å². The number of para-hydroxylation sites is 1. The van der Waals surface area contributed by atoms with Crippen molar-refractivity contribution in [2.45, 2.75) is 45.3 Å². The molecule has 0 saturated carbocycles. The van der Waals surface area contributed by atoms with Crippen LogP contribution in [0, 0.1) is 0 Å². The van der Waals surface area contributed by atoms with Gasteiger partial charge in [-0.1, -0.05) is 23.5 Å². The van der Waals surface area contributed by atoms with Gasteiger partial charge in [-0.2, -0.15) is 0 Å². The molecule has 1 aliphatic heterocycles. The van der Waals surface area contributed by atoms with E-state index in [1.54, 1.807) is 11.3 Å². The van der Waals surface area contributed by atoms with Crippen molar-refractivity contribution in [3.05, 3.63) is 24.3 Å². The van der Waals surface area contributed by atoms with E-state index in [2.05, 4.69) is 11.0 Å². The maximum absolute atomic E-state index is 12.4. The number of carbonyl (C=O) groups excluding carboxylic acids is 1. The number of rotatable bonds is 3. The molecule has 24 heavy (non-hydrogen) atoms. The van der Waals surface area contributed by atoms with Crippen molar-refractivity contribution in [1.82, 2.24) is 9.88 Å². The fraction of sp³-hybridized carbons (Fsp3) is 0.556. The van der Waals surface area contributed by atoms with Gasteiger partial charge in [0.05, 0.1) is 16.3 Å². The van der Waals surface area contributed by atoms with E-state index in [1.807, 2.05) is 50.9 Å². The number of ether oxygens (including phenoxy) is 1. The van der Waals surface area contributed by atoms with E-state index in [-0.39, 0.29) is 12.1 Å². The first-order chi connectivity index (χ1) is 11.3. The Bertz CT molecular complexity index is 689. The lowest BCUT2D eigenvalue weighted by atomic mass is 10.2. The van der Waals surface area contributed by atoms with E-state index in [0.29, 0.717) is 0 Å². The minimum Gasteiger partial charge on any atom is -0.444 e. The molecule has 6 heteroatoms. The fourth-order valence-electron chi connectivity index (χ4n) is 3.00. The molecule has 0 unspecified atom stereocenters. The second kappa shape index (κ2) is 6.59. The topological polar surface area (TPSA) is 45.7 Å². The summed E-state index contributed by atoms with van der Waals surface area (Å²) < 4.78 is 6.73. The summed E-state index contributed by atoms with van der Waals surface area (Å²) in [5.41, 5.74) is 0.572. The van der Waals surface area contributed by atoms with Crippen LogP contribution in [-0.2, 0) is 4.74 Å². The van der Waals surface area contributed by atoms with Crippen LogP contribution in [0.1, 0.15) is 33.6 Å². The molecule has 1 aromatic heterocycles. The molecule has 0 aliphatic carbocycles. The van der Waals surface area contributed by atoms with Crippen molar-refractivity contribution in [2.24, 2.45) is 0 Å². The third kappa shape index (κ3) is 3.80. The van der Waals surface area contributed by atoms with Crippen LogP contribution >= 0.6 is 11.3 Å². The Morgan fingerprint density at radius 3 is 2.88 bits per heavy atom. The van der Waals surface area contributed by atoms with Crippen molar-refractivity contribution in [1.29, 1.82) is 0 Å². The van der Waals surface area contributed by atoms with Crippen LogP contribution in [0.25, 0.3) is 10.2 Å². The standard InChI is InChI=1S/C18H25N3O2S/c1-18(2,3)23-17(22)21-11-7-8-13(21)12-20(4)16-19-14-9-5-6-10-15(14)24-16/h5-6,9-10,13H,7-8,11-12H2,1-4H3/t13-/m1/s1. The summed E-state index contributed by atoms with van der Waals surface area (Å²) >= 11 is 1.69. The number of hydrogen-bond donors (Lipinski definition) is 0. The van der Waals surface area contributed by atoms with Gasteiger partial charge in [0, 0.05) is 20.1 Å². The molecule has 2 heterocycles. The molecule has 5 nitrogen and oxygen atoms in total. The SMILES string of the molecule is CN(C[C@H]1CCCN1C(=O)OC(C)(C)C)c1nc2ccccc2s1. The predicted molar refractivity (Wildman–Crippen MR) is 98.9 cm³/mol. The number of anilines is 1. The Balaban J connectivity index is 1.68. The Morgan fingerprint density at radius 2 is 2.17 bits per heavy atom. The molecular weight excluding hydrogens is 322 g/mol. The lowest BCUT2D eigenvalue weighted by Gasteiger charge is -2.30. The molecule has 130 valence electrons. The highest BCUT2D eigenvalue weighted by atomic mass is 32.1. The highest BCUT2D eigenvalue weighted by Gasteiger charge is 2.33. The summed E-state index contributed by atoms with van der Waals surface area (Å²) in [6.45, 7) is 7.27. The number of aromatic nitrogens is 1. The van der Waals surface area contributed by atoms with E-state index in [0.717, 1.165) is 36.6 Å². The summed E-state index contributed by atoms with van der Waals surface area (Å²) in [5.74, 6) is 0. The number of hydrogen-bond acceptors (Lipinski definition) is 5. The molecule has 1 fully saturated rings. The second-order valence-electron chi connectivity index (χ2n) is 7.31. The number of benzene rings is 1. The van der Waals surface area contributed by atoms with Crippen LogP contribution in [0.4, 0.5) is 9.93 Å². The first-order valence-corrected chi connectivity index (χ1v) is 9.21. The highest BCUT2D eigenvalue weighted by molar-refractivity contribution is 7.22. The van der Waals surface area contributed by atoms with Crippen molar-refractivity contribution >= 4 is 32.8 Å². The van der Waals surface area contributed by atoms with E-state index in [4.69, 9.17) is 9.72 Å². The number of fused-ring (bicyclic) bond motifs is 1. The molecule has 2 aromatic rings. The third-order valence-corrected chi connectivity index (χ3v) is 5.25. The van der Waals surface area contributed by atoms with Crippen LogP contribution in [0.5, 0.6) is 0 Å². The van der Waals surface area contributed by atoms with Gasteiger partial charge in [0.25, 0.3) is 0 Å². The van der Waals surface area contributed by atoms with Gasteiger partial charge in [-0.15, -0.1) is 0 Å².